The largest absolute Gasteiger partial charge is 0.477 e. The minimum absolute atomic E-state index is 0.238. The van der Waals surface area contributed by atoms with Crippen LogP contribution in [0.15, 0.2) is 11.1 Å². The number of nitrogens with one attached hydrogen (secondary N) is 2. The number of H-pyrrole nitrogens is 2. The standard InChI is InChI=1S/C13H16N6O2/c20-13-16-10(17-18-13)8-1-4-19(5-2-8)11-9-3-6-21-12(9)15-7-14-11/h7-8H,1-6H2,(H2,16,17,18,20). The van der Waals surface area contributed by atoms with E-state index < -0.39 is 0 Å². The fourth-order valence-corrected chi connectivity index (χ4v) is 3.09. The summed E-state index contributed by atoms with van der Waals surface area (Å²) < 4.78 is 5.49. The third-order valence-electron chi connectivity index (χ3n) is 4.17. The van der Waals surface area contributed by atoms with Gasteiger partial charge in [0, 0.05) is 25.4 Å². The van der Waals surface area contributed by atoms with E-state index in [2.05, 4.69) is 30.0 Å². The van der Waals surface area contributed by atoms with Gasteiger partial charge in [-0.2, -0.15) is 5.10 Å². The highest BCUT2D eigenvalue weighted by atomic mass is 16.5. The molecule has 2 aliphatic rings. The van der Waals surface area contributed by atoms with E-state index in [0.29, 0.717) is 12.5 Å². The minimum atomic E-state index is -0.238. The molecule has 2 N–H and O–H groups in total. The van der Waals surface area contributed by atoms with Crippen molar-refractivity contribution in [1.82, 2.24) is 25.1 Å². The number of hydrogen-bond acceptors (Lipinski definition) is 6. The summed E-state index contributed by atoms with van der Waals surface area (Å²) in [7, 11) is 0. The fraction of sp³-hybridized carbons (Fsp3) is 0.538. The van der Waals surface area contributed by atoms with Crippen molar-refractivity contribution in [2.24, 2.45) is 0 Å². The average Bonchev–Trinajstić information content (AvgIpc) is 3.15. The maximum absolute atomic E-state index is 11.1. The van der Waals surface area contributed by atoms with Gasteiger partial charge >= 0.3 is 5.69 Å². The van der Waals surface area contributed by atoms with E-state index >= 15 is 0 Å². The predicted octanol–water partition coefficient (Wildman–Crippen LogP) is 0.207. The van der Waals surface area contributed by atoms with Crippen molar-refractivity contribution < 1.29 is 4.74 Å². The number of hydrogen-bond donors (Lipinski definition) is 2. The number of fused-ring (bicyclic) bond motifs is 1. The van der Waals surface area contributed by atoms with Crippen molar-refractivity contribution >= 4 is 5.82 Å². The molecular weight excluding hydrogens is 272 g/mol. The fourth-order valence-electron chi connectivity index (χ4n) is 3.09. The first-order valence-electron chi connectivity index (χ1n) is 7.17. The quantitative estimate of drug-likeness (QED) is 0.819. The molecule has 0 radical (unpaired) electrons. The second-order valence-electron chi connectivity index (χ2n) is 5.40. The molecule has 0 aromatic carbocycles. The van der Waals surface area contributed by atoms with Crippen LogP contribution in [0.3, 0.4) is 0 Å². The highest BCUT2D eigenvalue weighted by molar-refractivity contribution is 5.52. The zero-order chi connectivity index (χ0) is 14.2. The van der Waals surface area contributed by atoms with Crippen molar-refractivity contribution in [1.29, 1.82) is 0 Å². The molecule has 2 aromatic rings. The molecule has 0 amide bonds. The lowest BCUT2D eigenvalue weighted by atomic mass is 9.96. The van der Waals surface area contributed by atoms with Crippen molar-refractivity contribution in [2.75, 3.05) is 24.6 Å². The first-order chi connectivity index (χ1) is 10.3. The van der Waals surface area contributed by atoms with E-state index in [1.165, 1.54) is 0 Å². The van der Waals surface area contributed by atoms with Gasteiger partial charge in [0.05, 0.1) is 12.2 Å². The number of rotatable bonds is 2. The Morgan fingerprint density at radius 2 is 2.14 bits per heavy atom. The van der Waals surface area contributed by atoms with Gasteiger partial charge in [-0.25, -0.2) is 19.9 Å². The molecule has 0 unspecified atom stereocenters. The first-order valence-corrected chi connectivity index (χ1v) is 7.17. The van der Waals surface area contributed by atoms with Crippen molar-refractivity contribution in [3.05, 3.63) is 28.2 Å². The maximum Gasteiger partial charge on any atom is 0.340 e. The molecule has 4 rings (SSSR count). The summed E-state index contributed by atoms with van der Waals surface area (Å²) in [6.45, 7) is 2.47. The van der Waals surface area contributed by atoms with Crippen LogP contribution in [0.2, 0.25) is 0 Å². The lowest BCUT2D eigenvalue weighted by molar-refractivity contribution is 0.344. The number of nitrogens with zero attached hydrogens (tertiary/aromatic N) is 4. The van der Waals surface area contributed by atoms with Crippen LogP contribution in [0.1, 0.15) is 30.1 Å². The maximum atomic E-state index is 11.1. The molecule has 1 fully saturated rings. The van der Waals surface area contributed by atoms with Crippen LogP contribution in [0.4, 0.5) is 5.82 Å². The van der Waals surface area contributed by atoms with Gasteiger partial charge in [-0.05, 0) is 12.8 Å². The summed E-state index contributed by atoms with van der Waals surface area (Å²) >= 11 is 0. The zero-order valence-corrected chi connectivity index (χ0v) is 11.5. The van der Waals surface area contributed by atoms with E-state index in [1.807, 2.05) is 0 Å². The summed E-state index contributed by atoms with van der Waals surface area (Å²) in [4.78, 5) is 24.8. The Kier molecular flexibility index (Phi) is 2.87. The molecule has 1 saturated heterocycles. The van der Waals surface area contributed by atoms with Crippen LogP contribution in [0.25, 0.3) is 0 Å². The van der Waals surface area contributed by atoms with Gasteiger partial charge in [0.15, 0.2) is 0 Å². The molecule has 0 saturated carbocycles. The lowest BCUT2D eigenvalue weighted by Gasteiger charge is -2.32. The van der Waals surface area contributed by atoms with Gasteiger partial charge < -0.3 is 9.64 Å². The number of piperidine rings is 1. The summed E-state index contributed by atoms with van der Waals surface area (Å²) in [6.07, 6.45) is 4.33. The highest BCUT2D eigenvalue weighted by Gasteiger charge is 2.27. The van der Waals surface area contributed by atoms with E-state index in [9.17, 15) is 4.79 Å². The first kappa shape index (κ1) is 12.4. The molecule has 4 heterocycles. The Bertz CT molecular complexity index is 701. The van der Waals surface area contributed by atoms with E-state index in [0.717, 1.165) is 55.4 Å². The topological polar surface area (TPSA) is 99.8 Å². The second kappa shape index (κ2) is 4.87. The molecule has 0 bridgehead atoms. The Morgan fingerprint density at radius 3 is 2.90 bits per heavy atom. The van der Waals surface area contributed by atoms with Gasteiger partial charge in [-0.1, -0.05) is 0 Å². The Balaban J connectivity index is 1.51. The summed E-state index contributed by atoms with van der Waals surface area (Å²) in [6, 6.07) is 0. The molecule has 0 aliphatic carbocycles. The van der Waals surface area contributed by atoms with Crippen molar-refractivity contribution in [3.8, 4) is 5.88 Å². The SMILES string of the molecule is O=c1[nH]nc(C2CCN(c3ncnc4c3CCO4)CC2)[nH]1. The molecule has 8 heteroatoms. The van der Waals surface area contributed by atoms with Crippen LogP contribution in [0.5, 0.6) is 5.88 Å². The van der Waals surface area contributed by atoms with Gasteiger partial charge in [-0.15, -0.1) is 0 Å². The smallest absolute Gasteiger partial charge is 0.340 e. The highest BCUT2D eigenvalue weighted by Crippen LogP contribution is 2.33. The molecule has 2 aromatic heterocycles. The average molecular weight is 288 g/mol. The normalized spacial score (nSPS) is 18.6. The Morgan fingerprint density at radius 1 is 1.29 bits per heavy atom. The predicted molar refractivity (Wildman–Crippen MR) is 74.6 cm³/mol. The van der Waals surface area contributed by atoms with E-state index in [4.69, 9.17) is 4.74 Å². The molecule has 8 nitrogen and oxygen atoms in total. The van der Waals surface area contributed by atoms with Gasteiger partial charge in [0.2, 0.25) is 5.88 Å². The molecular formula is C13H16N6O2. The summed E-state index contributed by atoms with van der Waals surface area (Å²) in [5, 5.41) is 6.47. The molecule has 0 atom stereocenters. The Hall–Kier alpha value is -2.38. The number of anilines is 1. The molecule has 21 heavy (non-hydrogen) atoms. The van der Waals surface area contributed by atoms with Gasteiger partial charge in [0.1, 0.15) is 18.0 Å². The number of aromatic amines is 2. The van der Waals surface area contributed by atoms with Crippen molar-refractivity contribution in [3.63, 3.8) is 0 Å². The van der Waals surface area contributed by atoms with E-state index in [-0.39, 0.29) is 5.69 Å². The lowest BCUT2D eigenvalue weighted by Crippen LogP contribution is -2.34. The third kappa shape index (κ3) is 2.16. The molecule has 2 aliphatic heterocycles. The Labute approximate surface area is 120 Å². The van der Waals surface area contributed by atoms with E-state index in [1.54, 1.807) is 6.33 Å². The molecule has 0 spiro atoms. The van der Waals surface area contributed by atoms with Crippen LogP contribution >= 0.6 is 0 Å². The van der Waals surface area contributed by atoms with Crippen LogP contribution < -0.4 is 15.3 Å². The van der Waals surface area contributed by atoms with Crippen LogP contribution in [-0.4, -0.2) is 44.8 Å². The minimum Gasteiger partial charge on any atom is -0.477 e. The monoisotopic (exact) mass is 288 g/mol. The molecule has 110 valence electrons. The van der Waals surface area contributed by atoms with Crippen molar-refractivity contribution in [2.45, 2.75) is 25.2 Å². The van der Waals surface area contributed by atoms with Crippen LogP contribution in [0, 0.1) is 0 Å². The van der Waals surface area contributed by atoms with Crippen LogP contribution in [-0.2, 0) is 6.42 Å². The second-order valence-corrected chi connectivity index (χ2v) is 5.40. The van der Waals surface area contributed by atoms with Gasteiger partial charge in [-0.3, -0.25) is 4.98 Å². The number of aromatic nitrogens is 5. The zero-order valence-electron chi connectivity index (χ0n) is 11.5. The summed E-state index contributed by atoms with van der Waals surface area (Å²) in [5.41, 5.74) is 0.877. The van der Waals surface area contributed by atoms with Gasteiger partial charge in [0.25, 0.3) is 0 Å². The number of ether oxygens (including phenoxy) is 1. The summed E-state index contributed by atoms with van der Waals surface area (Å²) in [5.74, 6) is 2.77. The third-order valence-corrected chi connectivity index (χ3v) is 4.17.